The fourth-order valence-corrected chi connectivity index (χ4v) is 0.204. The molecule has 6 nitrogen and oxygen atoms in total. The highest BCUT2D eigenvalue weighted by Gasteiger charge is 1.93. The van der Waals surface area contributed by atoms with E-state index in [0.717, 1.165) is 19.3 Å². The molecule has 0 aliphatic carbocycles. The smallest absolute Gasteiger partial charge is 0.478 e. The van der Waals surface area contributed by atoms with E-state index in [-0.39, 0.29) is 0 Å². The summed E-state index contributed by atoms with van der Waals surface area (Å²) in [6, 6.07) is 0. The summed E-state index contributed by atoms with van der Waals surface area (Å²) in [7, 11) is -2.87. The van der Waals surface area contributed by atoms with Crippen LogP contribution < -0.4 is 0 Å². The van der Waals surface area contributed by atoms with Gasteiger partial charge in [0.1, 0.15) is 0 Å². The van der Waals surface area contributed by atoms with E-state index >= 15 is 0 Å². The first-order valence-electron chi connectivity index (χ1n) is 3.70. The molecule has 0 aromatic rings. The number of carboxylic acid groups (broad SMARTS) is 1. The maximum atomic E-state index is 9.25. The van der Waals surface area contributed by atoms with Crippen molar-refractivity contribution in [2.45, 2.75) is 13.8 Å². The lowest BCUT2D eigenvalue weighted by atomic mass is 10.7. The molecule has 0 atom stereocenters. The van der Waals surface area contributed by atoms with Gasteiger partial charge in [0.15, 0.2) is 0 Å². The Hall–Kier alpha value is -0.810. The Morgan fingerprint density at radius 2 is 1.64 bits per heavy atom. The van der Waals surface area contributed by atoms with Crippen molar-refractivity contribution in [2.75, 3.05) is 13.2 Å². The van der Waals surface area contributed by atoms with Crippen LogP contribution in [0.5, 0.6) is 0 Å². The summed E-state index contributed by atoms with van der Waals surface area (Å²) in [6.45, 7) is 8.63. The Balaban J connectivity index is -0.000000131. The second-order valence-corrected chi connectivity index (χ2v) is 2.08. The minimum absolute atomic E-state index is 0.833. The summed E-state index contributed by atoms with van der Waals surface area (Å²) < 4.78 is 13.5. The van der Waals surface area contributed by atoms with Crippen LogP contribution >= 0.6 is 8.25 Å². The van der Waals surface area contributed by atoms with Gasteiger partial charge in [-0.05, 0) is 13.8 Å². The van der Waals surface area contributed by atoms with E-state index in [1.807, 2.05) is 13.8 Å². The van der Waals surface area contributed by atoms with E-state index in [1.165, 1.54) is 0 Å². The standard InChI is InChI=1S/C4H10O.C3H4O2.HO3P/c1-3-5-4-2;1-2-3(4)5;1-4(2)3/h3-4H2,1-2H3;2H,1H2,(H,4,5);(H-,1,2,3)/p+1. The van der Waals surface area contributed by atoms with Crippen LogP contribution in [0.4, 0.5) is 0 Å². The molecular formula is C7H16O6P+. The molecule has 0 aromatic carbocycles. The molecule has 0 spiro atoms. The molecule has 0 amide bonds. The van der Waals surface area contributed by atoms with Gasteiger partial charge in [0, 0.05) is 23.9 Å². The first kappa shape index (κ1) is 18.9. The van der Waals surface area contributed by atoms with E-state index in [1.54, 1.807) is 0 Å². The van der Waals surface area contributed by atoms with E-state index in [2.05, 4.69) is 6.58 Å². The van der Waals surface area contributed by atoms with E-state index in [9.17, 15) is 4.79 Å². The molecule has 3 N–H and O–H groups in total. The molecule has 0 aliphatic rings. The van der Waals surface area contributed by atoms with Crippen molar-refractivity contribution in [1.29, 1.82) is 0 Å². The van der Waals surface area contributed by atoms with Crippen molar-refractivity contribution < 1.29 is 29.0 Å². The Kier molecular flexibility index (Phi) is 24.4. The van der Waals surface area contributed by atoms with Gasteiger partial charge in [-0.25, -0.2) is 4.79 Å². The van der Waals surface area contributed by atoms with Crippen LogP contribution in [-0.4, -0.2) is 34.1 Å². The van der Waals surface area contributed by atoms with Crippen LogP contribution in [0.15, 0.2) is 12.7 Å². The van der Waals surface area contributed by atoms with Crippen molar-refractivity contribution in [1.82, 2.24) is 0 Å². The SMILES string of the molecule is C=CC(=O)O.CCOCC.O=[P+](O)O. The van der Waals surface area contributed by atoms with Gasteiger partial charge in [-0.1, -0.05) is 6.58 Å². The quantitative estimate of drug-likeness (QED) is 0.489. The molecule has 84 valence electrons. The van der Waals surface area contributed by atoms with Gasteiger partial charge in [-0.3, -0.25) is 0 Å². The maximum Gasteiger partial charge on any atom is 0.692 e. The molecule has 7 heteroatoms. The largest absolute Gasteiger partial charge is 0.692 e. The van der Waals surface area contributed by atoms with E-state index in [0.29, 0.717) is 0 Å². The monoisotopic (exact) mass is 227 g/mol. The molecule has 0 saturated carbocycles. The van der Waals surface area contributed by atoms with Crippen LogP contribution in [0.3, 0.4) is 0 Å². The highest BCUT2D eigenvalue weighted by atomic mass is 31.1. The van der Waals surface area contributed by atoms with Gasteiger partial charge in [0.05, 0.1) is 0 Å². The molecule has 0 fully saturated rings. The molecule has 0 aliphatic heterocycles. The molecular weight excluding hydrogens is 211 g/mol. The van der Waals surface area contributed by atoms with Crippen LogP contribution in [-0.2, 0) is 14.1 Å². The maximum absolute atomic E-state index is 9.25. The summed E-state index contributed by atoms with van der Waals surface area (Å²) in [5.41, 5.74) is 0. The number of ether oxygens (including phenoxy) is 1. The zero-order valence-electron chi connectivity index (χ0n) is 8.21. The third-order valence-corrected chi connectivity index (χ3v) is 0.583. The minimum atomic E-state index is -2.87. The van der Waals surface area contributed by atoms with E-state index < -0.39 is 14.2 Å². The van der Waals surface area contributed by atoms with Gasteiger partial charge >= 0.3 is 14.2 Å². The molecule has 0 saturated heterocycles. The predicted molar refractivity (Wildman–Crippen MR) is 52.0 cm³/mol. The second-order valence-electron chi connectivity index (χ2n) is 1.58. The Morgan fingerprint density at radius 3 is 1.64 bits per heavy atom. The number of rotatable bonds is 3. The molecule has 0 heterocycles. The average molecular weight is 227 g/mol. The lowest BCUT2D eigenvalue weighted by Crippen LogP contribution is -1.84. The zero-order chi connectivity index (χ0) is 12.0. The number of hydrogen-bond donors (Lipinski definition) is 3. The summed E-state index contributed by atoms with van der Waals surface area (Å²) >= 11 is 0. The van der Waals surface area contributed by atoms with Crippen molar-refractivity contribution >= 4 is 14.2 Å². The van der Waals surface area contributed by atoms with Gasteiger partial charge in [-0.15, -0.1) is 9.79 Å². The summed E-state index contributed by atoms with van der Waals surface area (Å²) in [4.78, 5) is 23.5. The second kappa shape index (κ2) is 18.1. The predicted octanol–water partition coefficient (Wildman–Crippen LogP) is 0.928. The number of aliphatic carboxylic acids is 1. The molecule has 0 unspecified atom stereocenters. The van der Waals surface area contributed by atoms with Gasteiger partial charge in [0.25, 0.3) is 0 Å². The Bertz CT molecular complexity index is 152. The highest BCUT2D eigenvalue weighted by Crippen LogP contribution is 1.98. The average Bonchev–Trinajstić information content (AvgIpc) is 2.06. The number of carboxylic acids is 1. The zero-order valence-corrected chi connectivity index (χ0v) is 9.11. The lowest BCUT2D eigenvalue weighted by molar-refractivity contribution is -0.131. The Morgan fingerprint density at radius 1 is 1.43 bits per heavy atom. The van der Waals surface area contributed by atoms with Gasteiger partial charge in [-0.2, -0.15) is 0 Å². The Labute approximate surface area is 83.8 Å². The first-order chi connectivity index (χ1) is 6.42. The molecule has 0 radical (unpaired) electrons. The number of carbonyl (C=O) groups is 1. The van der Waals surface area contributed by atoms with Crippen LogP contribution in [0.25, 0.3) is 0 Å². The van der Waals surface area contributed by atoms with E-state index in [4.69, 9.17) is 24.2 Å². The third kappa shape index (κ3) is 114. The summed E-state index contributed by atoms with van der Waals surface area (Å²) in [5.74, 6) is -0.981. The topological polar surface area (TPSA) is 104 Å². The molecule has 14 heavy (non-hydrogen) atoms. The summed E-state index contributed by atoms with van der Waals surface area (Å²) in [6.07, 6.45) is 0.833. The van der Waals surface area contributed by atoms with Crippen LogP contribution in [0.1, 0.15) is 13.8 Å². The fraction of sp³-hybridized carbons (Fsp3) is 0.571. The van der Waals surface area contributed by atoms with Gasteiger partial charge in [0.2, 0.25) is 0 Å². The van der Waals surface area contributed by atoms with Crippen molar-refractivity contribution in [2.24, 2.45) is 0 Å². The van der Waals surface area contributed by atoms with Crippen LogP contribution in [0.2, 0.25) is 0 Å². The fourth-order valence-electron chi connectivity index (χ4n) is 0.204. The number of hydrogen-bond acceptors (Lipinski definition) is 3. The molecule has 0 aromatic heterocycles. The van der Waals surface area contributed by atoms with Crippen molar-refractivity contribution in [3.63, 3.8) is 0 Å². The van der Waals surface area contributed by atoms with Gasteiger partial charge < -0.3 is 9.84 Å². The molecule has 0 rings (SSSR count). The van der Waals surface area contributed by atoms with Crippen molar-refractivity contribution in [3.05, 3.63) is 12.7 Å². The highest BCUT2D eigenvalue weighted by molar-refractivity contribution is 7.30. The van der Waals surface area contributed by atoms with Crippen LogP contribution in [0, 0.1) is 0 Å². The van der Waals surface area contributed by atoms with Crippen molar-refractivity contribution in [3.8, 4) is 0 Å². The summed E-state index contributed by atoms with van der Waals surface area (Å²) in [5, 5.41) is 7.60. The first-order valence-corrected chi connectivity index (χ1v) is 4.86. The third-order valence-electron chi connectivity index (χ3n) is 0.583. The normalized spacial score (nSPS) is 7.14. The minimum Gasteiger partial charge on any atom is -0.478 e. The molecule has 0 bridgehead atoms. The lowest BCUT2D eigenvalue weighted by Gasteiger charge is -1.86.